The second-order valence-corrected chi connectivity index (χ2v) is 8.43. The average molecular weight is 402 g/mol. The topological polar surface area (TPSA) is 85.8 Å². The molecule has 0 aliphatic carbocycles. The fourth-order valence-corrected chi connectivity index (χ4v) is 4.59. The van der Waals surface area contributed by atoms with Gasteiger partial charge in [-0.25, -0.2) is 8.42 Å². The maximum absolute atomic E-state index is 13.3. The summed E-state index contributed by atoms with van der Waals surface area (Å²) in [6.45, 7) is 3.86. The Morgan fingerprint density at radius 3 is 2.50 bits per heavy atom. The number of rotatable bonds is 6. The predicted molar refractivity (Wildman–Crippen MR) is 103 cm³/mol. The van der Waals surface area contributed by atoms with Gasteiger partial charge in [-0.3, -0.25) is 0 Å². The second kappa shape index (κ2) is 7.71. The molecule has 0 N–H and O–H groups in total. The molecule has 1 saturated heterocycles. The van der Waals surface area contributed by atoms with Crippen LogP contribution in [0.25, 0.3) is 11.7 Å². The Morgan fingerprint density at radius 1 is 1.11 bits per heavy atom. The van der Waals surface area contributed by atoms with Crippen LogP contribution in [0, 0.1) is 0 Å². The molecule has 28 heavy (non-hydrogen) atoms. The van der Waals surface area contributed by atoms with Gasteiger partial charge in [-0.2, -0.15) is 4.98 Å². The number of aromatic nitrogens is 1. The summed E-state index contributed by atoms with van der Waals surface area (Å²) < 4.78 is 43.3. The SMILES string of the molecule is CCOc1ccc(S(=O)(=O)c2nc(-c3ccco3)oc2N2CCCCC2)cc1. The van der Waals surface area contributed by atoms with Crippen LogP contribution in [0.5, 0.6) is 5.75 Å². The van der Waals surface area contributed by atoms with Crippen LogP contribution in [0.15, 0.2) is 61.4 Å². The first kappa shape index (κ1) is 18.6. The van der Waals surface area contributed by atoms with Gasteiger partial charge in [-0.1, -0.05) is 0 Å². The monoisotopic (exact) mass is 402 g/mol. The van der Waals surface area contributed by atoms with Crippen LogP contribution in [0.2, 0.25) is 0 Å². The van der Waals surface area contributed by atoms with E-state index in [0.717, 1.165) is 32.4 Å². The number of piperidine rings is 1. The number of hydrogen-bond acceptors (Lipinski definition) is 7. The van der Waals surface area contributed by atoms with Crippen molar-refractivity contribution >= 4 is 15.7 Å². The van der Waals surface area contributed by atoms with Gasteiger partial charge in [-0.05, 0) is 62.6 Å². The van der Waals surface area contributed by atoms with Crippen LogP contribution >= 0.6 is 0 Å². The van der Waals surface area contributed by atoms with Gasteiger partial charge in [0, 0.05) is 13.1 Å². The summed E-state index contributed by atoms with van der Waals surface area (Å²) in [6.07, 6.45) is 4.59. The van der Waals surface area contributed by atoms with Crippen LogP contribution < -0.4 is 9.64 Å². The Kier molecular flexibility index (Phi) is 5.13. The molecule has 1 aliphatic rings. The van der Waals surface area contributed by atoms with Crippen LogP contribution in [-0.2, 0) is 9.84 Å². The molecule has 1 aromatic carbocycles. The number of nitrogens with zero attached hydrogens (tertiary/aromatic N) is 2. The third-order valence-electron chi connectivity index (χ3n) is 4.65. The van der Waals surface area contributed by atoms with Crippen molar-refractivity contribution in [1.29, 1.82) is 0 Å². The highest BCUT2D eigenvalue weighted by Gasteiger charge is 2.32. The molecule has 4 rings (SSSR count). The summed E-state index contributed by atoms with van der Waals surface area (Å²) in [4.78, 5) is 6.41. The quantitative estimate of drug-likeness (QED) is 0.612. The highest BCUT2D eigenvalue weighted by Crippen LogP contribution is 2.36. The molecule has 1 fully saturated rings. The third kappa shape index (κ3) is 3.52. The van der Waals surface area contributed by atoms with E-state index in [1.807, 2.05) is 11.8 Å². The Bertz CT molecular complexity index is 1020. The lowest BCUT2D eigenvalue weighted by atomic mass is 10.1. The lowest BCUT2D eigenvalue weighted by Gasteiger charge is -2.26. The van der Waals surface area contributed by atoms with E-state index in [1.54, 1.807) is 24.3 Å². The van der Waals surface area contributed by atoms with E-state index in [9.17, 15) is 8.42 Å². The minimum Gasteiger partial charge on any atom is -0.494 e. The highest BCUT2D eigenvalue weighted by molar-refractivity contribution is 7.91. The molecule has 148 valence electrons. The number of sulfone groups is 1. The van der Waals surface area contributed by atoms with Crippen LogP contribution in [0.3, 0.4) is 0 Å². The average Bonchev–Trinajstić information content (AvgIpc) is 3.39. The molecule has 0 radical (unpaired) electrons. The van der Waals surface area contributed by atoms with Crippen molar-refractivity contribution in [2.24, 2.45) is 0 Å². The van der Waals surface area contributed by atoms with Crippen molar-refractivity contribution in [2.75, 3.05) is 24.6 Å². The lowest BCUT2D eigenvalue weighted by molar-refractivity contribution is 0.340. The van der Waals surface area contributed by atoms with E-state index in [-0.39, 0.29) is 21.7 Å². The summed E-state index contributed by atoms with van der Waals surface area (Å²) in [5, 5.41) is -0.0787. The molecular weight excluding hydrogens is 380 g/mol. The van der Waals surface area contributed by atoms with E-state index < -0.39 is 9.84 Å². The van der Waals surface area contributed by atoms with Gasteiger partial charge < -0.3 is 18.5 Å². The summed E-state index contributed by atoms with van der Waals surface area (Å²) in [7, 11) is -3.86. The first-order valence-electron chi connectivity index (χ1n) is 9.37. The van der Waals surface area contributed by atoms with Gasteiger partial charge >= 0.3 is 0 Å². The molecule has 8 heteroatoms. The van der Waals surface area contributed by atoms with Gasteiger partial charge in [0.25, 0.3) is 5.89 Å². The zero-order valence-electron chi connectivity index (χ0n) is 15.6. The van der Waals surface area contributed by atoms with Crippen molar-refractivity contribution in [3.8, 4) is 17.4 Å². The van der Waals surface area contributed by atoms with E-state index >= 15 is 0 Å². The van der Waals surface area contributed by atoms with E-state index in [0.29, 0.717) is 18.1 Å². The Hall–Kier alpha value is -2.74. The first-order valence-corrected chi connectivity index (χ1v) is 10.9. The third-order valence-corrected chi connectivity index (χ3v) is 6.32. The van der Waals surface area contributed by atoms with Crippen molar-refractivity contribution in [2.45, 2.75) is 36.1 Å². The molecule has 0 unspecified atom stereocenters. The van der Waals surface area contributed by atoms with Crippen molar-refractivity contribution in [3.63, 3.8) is 0 Å². The Morgan fingerprint density at radius 2 is 1.86 bits per heavy atom. The Balaban J connectivity index is 1.77. The van der Waals surface area contributed by atoms with Gasteiger partial charge in [0.05, 0.1) is 17.8 Å². The van der Waals surface area contributed by atoms with Crippen LogP contribution in [0.1, 0.15) is 26.2 Å². The summed E-state index contributed by atoms with van der Waals surface area (Å²) in [5.41, 5.74) is 0. The zero-order valence-corrected chi connectivity index (χ0v) is 16.4. The van der Waals surface area contributed by atoms with Crippen molar-refractivity contribution in [1.82, 2.24) is 4.98 Å². The molecule has 3 aromatic rings. The van der Waals surface area contributed by atoms with E-state index in [2.05, 4.69) is 4.98 Å². The number of oxazole rings is 1. The summed E-state index contributed by atoms with van der Waals surface area (Å²) >= 11 is 0. The molecule has 0 atom stereocenters. The van der Waals surface area contributed by atoms with E-state index in [4.69, 9.17) is 13.6 Å². The second-order valence-electron chi connectivity index (χ2n) is 6.56. The van der Waals surface area contributed by atoms with Gasteiger partial charge in [0.1, 0.15) is 5.75 Å². The zero-order chi connectivity index (χ0) is 19.6. The summed E-state index contributed by atoms with van der Waals surface area (Å²) in [6, 6.07) is 9.75. The maximum atomic E-state index is 13.3. The molecule has 0 amide bonds. The van der Waals surface area contributed by atoms with Gasteiger partial charge in [0.2, 0.25) is 20.7 Å². The lowest BCUT2D eigenvalue weighted by Crippen LogP contribution is -2.30. The normalized spacial score (nSPS) is 15.0. The largest absolute Gasteiger partial charge is 0.494 e. The molecule has 0 bridgehead atoms. The minimum absolute atomic E-state index is 0.0787. The van der Waals surface area contributed by atoms with Crippen LogP contribution in [0.4, 0.5) is 5.88 Å². The number of anilines is 1. The van der Waals surface area contributed by atoms with Crippen molar-refractivity contribution in [3.05, 3.63) is 42.7 Å². The molecule has 3 heterocycles. The number of benzene rings is 1. The van der Waals surface area contributed by atoms with Gasteiger partial charge in [0.15, 0.2) is 5.76 Å². The fourth-order valence-electron chi connectivity index (χ4n) is 3.27. The Labute approximate surface area is 163 Å². The first-order chi connectivity index (χ1) is 13.6. The predicted octanol–water partition coefficient (Wildman–Crippen LogP) is 4.16. The van der Waals surface area contributed by atoms with Crippen molar-refractivity contribution < 1.29 is 22.0 Å². The molecule has 2 aromatic heterocycles. The standard InChI is InChI=1S/C20H22N2O5S/c1-2-25-15-8-10-16(11-9-15)28(23,24)19-20(22-12-4-3-5-13-22)27-18(21-19)17-7-6-14-26-17/h6-11,14H,2-5,12-13H2,1H3. The molecular formula is C20H22N2O5S. The van der Waals surface area contributed by atoms with E-state index in [1.165, 1.54) is 18.4 Å². The fraction of sp³-hybridized carbons (Fsp3) is 0.350. The number of ether oxygens (including phenoxy) is 1. The molecule has 7 nitrogen and oxygen atoms in total. The highest BCUT2D eigenvalue weighted by atomic mass is 32.2. The van der Waals surface area contributed by atoms with Crippen LogP contribution in [-0.4, -0.2) is 33.1 Å². The molecule has 0 spiro atoms. The number of hydrogen-bond donors (Lipinski definition) is 0. The van der Waals surface area contributed by atoms with Gasteiger partial charge in [-0.15, -0.1) is 0 Å². The molecule has 1 aliphatic heterocycles. The minimum atomic E-state index is -3.86. The summed E-state index contributed by atoms with van der Waals surface area (Å²) in [5.74, 6) is 1.45. The maximum Gasteiger partial charge on any atom is 0.266 e. The number of furan rings is 1. The smallest absolute Gasteiger partial charge is 0.266 e. The molecule has 0 saturated carbocycles.